The molecule has 2 unspecified atom stereocenters. The minimum absolute atomic E-state index is 0.0872. The number of carboxylic acids is 1. The quantitative estimate of drug-likeness (QED) is 0.672. The maximum absolute atomic E-state index is 13.2. The van der Waals surface area contributed by atoms with Crippen LogP contribution in [0.25, 0.3) is 11.1 Å². The first-order valence-corrected chi connectivity index (χ1v) is 9.15. The molecule has 3 rings (SSSR count). The van der Waals surface area contributed by atoms with Crippen LogP contribution < -0.4 is 5.32 Å². The third kappa shape index (κ3) is 3.74. The summed E-state index contributed by atoms with van der Waals surface area (Å²) in [4.78, 5) is 29.2. The van der Waals surface area contributed by atoms with Crippen LogP contribution in [0.15, 0.2) is 40.9 Å². The number of pyridine rings is 1. The van der Waals surface area contributed by atoms with Crippen LogP contribution in [0, 0.1) is 12.8 Å². The highest BCUT2D eigenvalue weighted by atomic mass is 16.5. The molecule has 146 valence electrons. The molecule has 3 aromatic rings. The first kappa shape index (κ1) is 19.5. The van der Waals surface area contributed by atoms with E-state index in [1.165, 1.54) is 0 Å². The summed E-state index contributed by atoms with van der Waals surface area (Å²) in [6.45, 7) is 7.26. The van der Waals surface area contributed by atoms with Crippen molar-refractivity contribution in [1.29, 1.82) is 0 Å². The van der Waals surface area contributed by atoms with E-state index in [9.17, 15) is 14.7 Å². The van der Waals surface area contributed by atoms with E-state index in [1.807, 2.05) is 32.0 Å². The number of carbonyl (C=O) groups excluding carboxylic acids is 1. The molecule has 1 amide bonds. The van der Waals surface area contributed by atoms with Gasteiger partial charge in [0, 0.05) is 5.69 Å². The van der Waals surface area contributed by atoms with Crippen LogP contribution in [0.2, 0.25) is 0 Å². The Morgan fingerprint density at radius 2 is 1.82 bits per heavy atom. The number of amides is 1. The van der Waals surface area contributed by atoms with Gasteiger partial charge in [0.2, 0.25) is 0 Å². The summed E-state index contributed by atoms with van der Waals surface area (Å²) in [5, 5.41) is 16.9. The molecule has 0 fully saturated rings. The van der Waals surface area contributed by atoms with Gasteiger partial charge in [-0.05, 0) is 31.4 Å². The number of hydrogen-bond donors (Lipinski definition) is 2. The maximum atomic E-state index is 13.2. The highest BCUT2D eigenvalue weighted by Gasteiger charge is 2.29. The van der Waals surface area contributed by atoms with Crippen molar-refractivity contribution in [2.24, 2.45) is 5.92 Å². The zero-order valence-electron chi connectivity index (χ0n) is 16.3. The third-order valence-corrected chi connectivity index (χ3v) is 4.81. The Morgan fingerprint density at radius 3 is 2.43 bits per heavy atom. The molecule has 0 aliphatic carbocycles. The molecule has 0 saturated heterocycles. The Balaban J connectivity index is 2.05. The number of carboxylic acid groups (broad SMARTS) is 1. The van der Waals surface area contributed by atoms with Gasteiger partial charge in [0.05, 0.1) is 28.6 Å². The van der Waals surface area contributed by atoms with Gasteiger partial charge in [-0.3, -0.25) is 9.59 Å². The van der Waals surface area contributed by atoms with Crippen molar-refractivity contribution in [3.8, 4) is 0 Å². The number of aryl methyl sites for hydroxylation is 1. The zero-order chi connectivity index (χ0) is 20.4. The highest BCUT2D eigenvalue weighted by molar-refractivity contribution is 6.06. The second-order valence-corrected chi connectivity index (χ2v) is 7.19. The van der Waals surface area contributed by atoms with E-state index in [1.54, 1.807) is 32.0 Å². The van der Waals surface area contributed by atoms with Crippen LogP contribution in [0.1, 0.15) is 60.0 Å². The fraction of sp³-hybridized carbons (Fsp3) is 0.333. The Morgan fingerprint density at radius 1 is 1.14 bits per heavy atom. The lowest BCUT2D eigenvalue weighted by Crippen LogP contribution is -2.35. The number of rotatable bonds is 6. The molecule has 0 spiro atoms. The molecule has 0 aliphatic heterocycles. The molecule has 2 atom stereocenters. The Kier molecular flexibility index (Phi) is 5.44. The highest BCUT2D eigenvalue weighted by Crippen LogP contribution is 2.27. The summed E-state index contributed by atoms with van der Waals surface area (Å²) in [6, 6.07) is 10.1. The van der Waals surface area contributed by atoms with Gasteiger partial charge in [0.25, 0.3) is 11.6 Å². The lowest BCUT2D eigenvalue weighted by Gasteiger charge is -2.23. The molecule has 1 aromatic carbocycles. The lowest BCUT2D eigenvalue weighted by molar-refractivity contribution is -0.142. The Hall–Kier alpha value is -3.22. The van der Waals surface area contributed by atoms with Gasteiger partial charge in [-0.2, -0.15) is 0 Å². The molecular weight excluding hydrogens is 358 g/mol. The maximum Gasteiger partial charge on any atom is 0.308 e. The summed E-state index contributed by atoms with van der Waals surface area (Å²) < 4.78 is 5.27. The largest absolute Gasteiger partial charge is 0.481 e. The molecule has 7 heteroatoms. The molecule has 0 bridgehead atoms. The van der Waals surface area contributed by atoms with Crippen LogP contribution in [0.4, 0.5) is 0 Å². The van der Waals surface area contributed by atoms with Crippen LogP contribution >= 0.6 is 0 Å². The summed E-state index contributed by atoms with van der Waals surface area (Å²) in [6.07, 6.45) is 0. The topological polar surface area (TPSA) is 105 Å². The van der Waals surface area contributed by atoms with Crippen LogP contribution in [0.5, 0.6) is 0 Å². The second-order valence-electron chi connectivity index (χ2n) is 7.19. The normalized spacial score (nSPS) is 13.5. The van der Waals surface area contributed by atoms with E-state index in [4.69, 9.17) is 4.52 Å². The Labute approximate surface area is 162 Å². The summed E-state index contributed by atoms with van der Waals surface area (Å²) >= 11 is 0. The van der Waals surface area contributed by atoms with Gasteiger partial charge in [-0.15, -0.1) is 0 Å². The molecule has 0 saturated carbocycles. The summed E-state index contributed by atoms with van der Waals surface area (Å²) in [5.74, 6) is -2.10. The fourth-order valence-electron chi connectivity index (χ4n) is 3.11. The second kappa shape index (κ2) is 7.80. The first-order valence-electron chi connectivity index (χ1n) is 9.15. The average molecular weight is 381 g/mol. The van der Waals surface area contributed by atoms with Crippen molar-refractivity contribution in [3.63, 3.8) is 0 Å². The molecule has 2 aromatic heterocycles. The predicted molar refractivity (Wildman–Crippen MR) is 104 cm³/mol. The SMILES string of the molecule is Cc1noc2nc(C(C)C)cc(C(=O)NC(c3ccccc3)C(C)C(=O)O)c12. The van der Waals surface area contributed by atoms with Gasteiger partial charge in [0.15, 0.2) is 0 Å². The van der Waals surface area contributed by atoms with E-state index in [-0.39, 0.29) is 11.8 Å². The van der Waals surface area contributed by atoms with Crippen molar-refractivity contribution in [3.05, 3.63) is 58.9 Å². The third-order valence-electron chi connectivity index (χ3n) is 4.81. The number of aromatic nitrogens is 2. The van der Waals surface area contributed by atoms with Gasteiger partial charge in [-0.25, -0.2) is 4.98 Å². The van der Waals surface area contributed by atoms with Crippen molar-refractivity contribution in [2.45, 2.75) is 39.7 Å². The van der Waals surface area contributed by atoms with Gasteiger partial charge in [-0.1, -0.05) is 49.3 Å². The Bertz CT molecular complexity index is 1010. The van der Waals surface area contributed by atoms with Gasteiger partial charge >= 0.3 is 5.97 Å². The van der Waals surface area contributed by atoms with Crippen LogP contribution in [0.3, 0.4) is 0 Å². The fourth-order valence-corrected chi connectivity index (χ4v) is 3.11. The van der Waals surface area contributed by atoms with E-state index >= 15 is 0 Å². The van der Waals surface area contributed by atoms with E-state index in [2.05, 4.69) is 15.5 Å². The zero-order valence-corrected chi connectivity index (χ0v) is 16.3. The standard InChI is InChI=1S/C21H23N3O4/c1-11(2)16-10-15(17-13(4)24-28-20(17)22-16)19(25)23-18(12(3)21(26)27)14-8-6-5-7-9-14/h5-12,18H,1-4H3,(H,23,25)(H,26,27). The summed E-state index contributed by atoms with van der Waals surface area (Å²) in [5.41, 5.74) is 2.67. The molecule has 0 aliphatic rings. The summed E-state index contributed by atoms with van der Waals surface area (Å²) in [7, 11) is 0. The van der Waals surface area contributed by atoms with Gasteiger partial charge < -0.3 is 14.9 Å². The van der Waals surface area contributed by atoms with Crippen LogP contribution in [-0.2, 0) is 4.79 Å². The van der Waals surface area contributed by atoms with Crippen molar-refractivity contribution in [1.82, 2.24) is 15.5 Å². The monoisotopic (exact) mass is 381 g/mol. The van der Waals surface area contributed by atoms with Gasteiger partial charge in [0.1, 0.15) is 0 Å². The number of carbonyl (C=O) groups is 2. The van der Waals surface area contributed by atoms with Crippen LogP contribution in [-0.4, -0.2) is 27.1 Å². The van der Waals surface area contributed by atoms with E-state index < -0.39 is 17.9 Å². The minimum atomic E-state index is -0.988. The molecular formula is C21H23N3O4. The molecule has 2 N–H and O–H groups in total. The number of benzene rings is 1. The van der Waals surface area contributed by atoms with E-state index in [0.29, 0.717) is 28.1 Å². The van der Waals surface area contributed by atoms with Crippen molar-refractivity contribution >= 4 is 23.0 Å². The average Bonchev–Trinajstić information content (AvgIpc) is 3.06. The molecule has 7 nitrogen and oxygen atoms in total. The molecule has 2 heterocycles. The number of nitrogens with one attached hydrogen (secondary N) is 1. The number of hydrogen-bond acceptors (Lipinski definition) is 5. The molecule has 28 heavy (non-hydrogen) atoms. The lowest BCUT2D eigenvalue weighted by atomic mass is 9.94. The number of nitrogens with zero attached hydrogens (tertiary/aromatic N) is 2. The van der Waals surface area contributed by atoms with E-state index in [0.717, 1.165) is 5.56 Å². The number of fused-ring (bicyclic) bond motifs is 1. The minimum Gasteiger partial charge on any atom is -0.481 e. The smallest absolute Gasteiger partial charge is 0.308 e. The predicted octanol–water partition coefficient (Wildman–Crippen LogP) is 3.85. The van der Waals surface area contributed by atoms with Crippen molar-refractivity contribution < 1.29 is 19.2 Å². The molecule has 0 radical (unpaired) electrons. The number of aliphatic carboxylic acids is 1. The first-order chi connectivity index (χ1) is 13.3. The van der Waals surface area contributed by atoms with Crippen molar-refractivity contribution in [2.75, 3.05) is 0 Å².